The molecule has 0 saturated carbocycles. The topological polar surface area (TPSA) is 0 Å². The van der Waals surface area contributed by atoms with Crippen LogP contribution in [-0.2, 0) is 0 Å². The average Bonchev–Trinajstić information content (AvgIpc) is 2.57. The second-order valence-corrected chi connectivity index (χ2v) is 9.05. The third kappa shape index (κ3) is 3.15. The predicted octanol–water partition coefficient (Wildman–Crippen LogP) is 8.49. The summed E-state index contributed by atoms with van der Waals surface area (Å²) in [5.74, 6) is 2.14. The fourth-order valence-corrected chi connectivity index (χ4v) is 4.29. The van der Waals surface area contributed by atoms with Gasteiger partial charge in [-0.05, 0) is 79.6 Å². The van der Waals surface area contributed by atoms with E-state index in [9.17, 15) is 0 Å². The normalized spacial score (nSPS) is 12.5. The van der Waals surface area contributed by atoms with Crippen molar-refractivity contribution in [2.45, 2.75) is 79.1 Å². The Balaban J connectivity index is 2.53. The molecule has 0 nitrogen and oxygen atoms in total. The van der Waals surface area contributed by atoms with Crippen molar-refractivity contribution in [1.82, 2.24) is 0 Å². The molecule has 0 heterocycles. The van der Waals surface area contributed by atoms with Gasteiger partial charge in [-0.3, -0.25) is 0 Å². The molecule has 0 unspecified atom stereocenters. The molecule has 26 heavy (non-hydrogen) atoms. The van der Waals surface area contributed by atoms with Crippen LogP contribution in [0.25, 0.3) is 21.5 Å². The third-order valence-electron chi connectivity index (χ3n) is 5.77. The van der Waals surface area contributed by atoms with Gasteiger partial charge in [0.2, 0.25) is 0 Å². The smallest absolute Gasteiger partial charge is 0.0140 e. The van der Waals surface area contributed by atoms with Crippen LogP contribution in [0.4, 0.5) is 0 Å². The summed E-state index contributed by atoms with van der Waals surface area (Å²) in [7, 11) is 0. The highest BCUT2D eigenvalue weighted by atomic mass is 14.2. The molecule has 0 spiro atoms. The van der Waals surface area contributed by atoms with Crippen LogP contribution in [0.15, 0.2) is 36.4 Å². The fourth-order valence-electron chi connectivity index (χ4n) is 4.29. The molecule has 0 atom stereocenters. The molecule has 3 aromatic rings. The Morgan fingerprint density at radius 1 is 0.385 bits per heavy atom. The number of fused-ring (bicyclic) bond motifs is 2. The first-order valence-corrected chi connectivity index (χ1v) is 10.2. The second-order valence-electron chi connectivity index (χ2n) is 9.05. The molecule has 0 aliphatic heterocycles. The van der Waals surface area contributed by atoms with Gasteiger partial charge in [0.1, 0.15) is 0 Å². The maximum atomic E-state index is 2.49. The van der Waals surface area contributed by atoms with Crippen molar-refractivity contribution in [3.63, 3.8) is 0 Å². The van der Waals surface area contributed by atoms with Crippen LogP contribution in [0.2, 0.25) is 0 Å². The molecule has 138 valence electrons. The molecule has 0 heteroatoms. The van der Waals surface area contributed by atoms with E-state index in [0.29, 0.717) is 23.7 Å². The van der Waals surface area contributed by atoms with Crippen molar-refractivity contribution >= 4 is 21.5 Å². The SMILES string of the molecule is CC(C)c1ccc(C(C)C)c2cc3c(C(C)C)ccc(C(C)C)c3cc12. The Bertz CT molecular complexity index is 786. The van der Waals surface area contributed by atoms with E-state index in [1.807, 2.05) is 0 Å². The largest absolute Gasteiger partial charge is 0.0587 e. The minimum absolute atomic E-state index is 0.534. The molecule has 0 fully saturated rings. The zero-order chi connectivity index (χ0) is 19.2. The Hall–Kier alpha value is -1.82. The molecule has 3 aromatic carbocycles. The van der Waals surface area contributed by atoms with Crippen molar-refractivity contribution in [2.75, 3.05) is 0 Å². The minimum atomic E-state index is 0.534. The third-order valence-corrected chi connectivity index (χ3v) is 5.77. The van der Waals surface area contributed by atoms with E-state index in [4.69, 9.17) is 0 Å². The van der Waals surface area contributed by atoms with Crippen LogP contribution in [0.5, 0.6) is 0 Å². The summed E-state index contributed by atoms with van der Waals surface area (Å²) < 4.78 is 0. The van der Waals surface area contributed by atoms with Crippen LogP contribution in [0.1, 0.15) is 101 Å². The lowest BCUT2D eigenvalue weighted by molar-refractivity contribution is 0.856. The first kappa shape index (κ1) is 19.0. The minimum Gasteiger partial charge on any atom is -0.0587 e. The highest BCUT2D eigenvalue weighted by molar-refractivity contribution is 6.04. The number of hydrogen-bond donors (Lipinski definition) is 0. The molecule has 0 aromatic heterocycles. The van der Waals surface area contributed by atoms with Crippen LogP contribution >= 0.6 is 0 Å². The summed E-state index contributed by atoms with van der Waals surface area (Å²) in [6.45, 7) is 18.5. The predicted molar refractivity (Wildman–Crippen MR) is 118 cm³/mol. The molecule has 0 N–H and O–H groups in total. The Kier molecular flexibility index (Phi) is 5.15. The van der Waals surface area contributed by atoms with Gasteiger partial charge >= 0.3 is 0 Å². The van der Waals surface area contributed by atoms with Crippen molar-refractivity contribution in [2.24, 2.45) is 0 Å². The quantitative estimate of drug-likeness (QED) is 0.415. The summed E-state index contributed by atoms with van der Waals surface area (Å²) in [5, 5.41) is 5.78. The van der Waals surface area contributed by atoms with E-state index in [-0.39, 0.29) is 0 Å². The average molecular weight is 347 g/mol. The summed E-state index contributed by atoms with van der Waals surface area (Å²) in [5.41, 5.74) is 5.87. The molecular weight excluding hydrogens is 312 g/mol. The van der Waals surface area contributed by atoms with Crippen LogP contribution in [0.3, 0.4) is 0 Å². The van der Waals surface area contributed by atoms with Crippen molar-refractivity contribution < 1.29 is 0 Å². The van der Waals surface area contributed by atoms with Crippen LogP contribution in [-0.4, -0.2) is 0 Å². The fraction of sp³-hybridized carbons (Fsp3) is 0.462. The van der Waals surface area contributed by atoms with E-state index in [2.05, 4.69) is 91.8 Å². The Morgan fingerprint density at radius 3 is 0.731 bits per heavy atom. The first-order chi connectivity index (χ1) is 12.2. The molecule has 3 rings (SSSR count). The maximum Gasteiger partial charge on any atom is -0.0140 e. The summed E-state index contributed by atoms with van der Waals surface area (Å²) in [6.07, 6.45) is 0. The highest BCUT2D eigenvalue weighted by Crippen LogP contribution is 2.39. The van der Waals surface area contributed by atoms with Gasteiger partial charge in [-0.15, -0.1) is 0 Å². The molecule has 0 bridgehead atoms. The lowest BCUT2D eigenvalue weighted by Gasteiger charge is -2.21. The lowest BCUT2D eigenvalue weighted by atomic mass is 9.84. The van der Waals surface area contributed by atoms with Crippen molar-refractivity contribution in [3.8, 4) is 0 Å². The van der Waals surface area contributed by atoms with E-state index in [0.717, 1.165) is 0 Å². The van der Waals surface area contributed by atoms with Gasteiger partial charge < -0.3 is 0 Å². The van der Waals surface area contributed by atoms with Crippen molar-refractivity contribution in [3.05, 3.63) is 58.7 Å². The van der Waals surface area contributed by atoms with Gasteiger partial charge in [-0.25, -0.2) is 0 Å². The summed E-state index contributed by atoms with van der Waals surface area (Å²) >= 11 is 0. The van der Waals surface area contributed by atoms with Crippen LogP contribution in [0, 0.1) is 0 Å². The van der Waals surface area contributed by atoms with E-state index < -0.39 is 0 Å². The molecule has 0 aliphatic carbocycles. The number of hydrogen-bond acceptors (Lipinski definition) is 0. The first-order valence-electron chi connectivity index (χ1n) is 10.2. The second kappa shape index (κ2) is 7.06. The van der Waals surface area contributed by atoms with Gasteiger partial charge in [0.15, 0.2) is 0 Å². The Labute approximate surface area is 159 Å². The molecule has 0 aliphatic rings. The van der Waals surface area contributed by atoms with Gasteiger partial charge in [0.25, 0.3) is 0 Å². The zero-order valence-electron chi connectivity index (χ0n) is 17.8. The van der Waals surface area contributed by atoms with Gasteiger partial charge in [0, 0.05) is 0 Å². The lowest BCUT2D eigenvalue weighted by Crippen LogP contribution is -1.99. The van der Waals surface area contributed by atoms with E-state index in [1.165, 1.54) is 43.8 Å². The van der Waals surface area contributed by atoms with Gasteiger partial charge in [0.05, 0.1) is 0 Å². The molecule has 0 amide bonds. The Morgan fingerprint density at radius 2 is 0.577 bits per heavy atom. The summed E-state index contributed by atoms with van der Waals surface area (Å²) in [4.78, 5) is 0. The van der Waals surface area contributed by atoms with E-state index in [1.54, 1.807) is 0 Å². The zero-order valence-corrected chi connectivity index (χ0v) is 17.8. The standard InChI is InChI=1S/C26H34/c1-15(2)19-9-10-20(16(3)4)24-14-26-22(18(7)8)12-11-21(17(5)6)25(26)13-23(19)24/h9-18H,1-8H3. The van der Waals surface area contributed by atoms with Gasteiger partial charge in [-0.1, -0.05) is 79.7 Å². The maximum absolute atomic E-state index is 2.49. The molecule has 0 saturated heterocycles. The van der Waals surface area contributed by atoms with Gasteiger partial charge in [-0.2, -0.15) is 0 Å². The van der Waals surface area contributed by atoms with Crippen LogP contribution < -0.4 is 0 Å². The molecular formula is C26H34. The van der Waals surface area contributed by atoms with E-state index >= 15 is 0 Å². The molecule has 0 radical (unpaired) electrons. The summed E-state index contributed by atoms with van der Waals surface area (Å²) in [6, 6.07) is 14.4. The van der Waals surface area contributed by atoms with Crippen molar-refractivity contribution in [1.29, 1.82) is 0 Å². The monoisotopic (exact) mass is 346 g/mol. The highest BCUT2D eigenvalue weighted by Gasteiger charge is 2.16. The number of rotatable bonds is 4. The number of benzene rings is 3.